The van der Waals surface area contributed by atoms with E-state index >= 15 is 0 Å². The van der Waals surface area contributed by atoms with Crippen molar-refractivity contribution in [1.29, 1.82) is 0 Å². The zero-order valence-electron chi connectivity index (χ0n) is 11.7. The SMILES string of the molecule is CC(C)(C)CC(=O)OC1C2CCOC2C12CCC2. The summed E-state index contributed by atoms with van der Waals surface area (Å²) in [7, 11) is 0. The maximum Gasteiger partial charge on any atom is 0.306 e. The molecule has 2 aliphatic carbocycles. The second kappa shape index (κ2) is 3.96. The molecule has 1 spiro atoms. The summed E-state index contributed by atoms with van der Waals surface area (Å²) in [6.45, 7) is 7.09. The van der Waals surface area contributed by atoms with Gasteiger partial charge in [-0.1, -0.05) is 27.2 Å². The molecule has 0 radical (unpaired) electrons. The van der Waals surface area contributed by atoms with Crippen LogP contribution in [-0.2, 0) is 14.3 Å². The summed E-state index contributed by atoms with van der Waals surface area (Å²) in [5.74, 6) is 0.457. The van der Waals surface area contributed by atoms with E-state index in [4.69, 9.17) is 9.47 Å². The lowest BCUT2D eigenvalue weighted by atomic mass is 9.47. The number of hydrogen-bond donors (Lipinski definition) is 0. The maximum atomic E-state index is 12.0. The predicted octanol–water partition coefficient (Wildman–Crippen LogP) is 2.92. The van der Waals surface area contributed by atoms with Crippen LogP contribution in [0.2, 0.25) is 0 Å². The second-order valence-electron chi connectivity index (χ2n) is 7.48. The van der Waals surface area contributed by atoms with Gasteiger partial charge in [0.25, 0.3) is 0 Å². The molecule has 0 aromatic heterocycles. The fraction of sp³-hybridized carbons (Fsp3) is 0.933. The van der Waals surface area contributed by atoms with Gasteiger partial charge >= 0.3 is 5.97 Å². The predicted molar refractivity (Wildman–Crippen MR) is 68.1 cm³/mol. The Bertz CT molecular complexity index is 351. The number of fused-ring (bicyclic) bond motifs is 2. The fourth-order valence-corrected chi connectivity index (χ4v) is 3.95. The standard InChI is InChI=1S/C15H24O3/c1-14(2,3)9-11(16)18-13-10-5-8-17-12(10)15(13)6-4-7-15/h10,12-13H,4-9H2,1-3H3. The molecular formula is C15H24O3. The Labute approximate surface area is 109 Å². The minimum atomic E-state index is -0.0240. The van der Waals surface area contributed by atoms with E-state index in [0.29, 0.717) is 18.4 Å². The van der Waals surface area contributed by atoms with Crippen LogP contribution < -0.4 is 0 Å². The zero-order valence-corrected chi connectivity index (χ0v) is 11.7. The van der Waals surface area contributed by atoms with Crippen molar-refractivity contribution < 1.29 is 14.3 Å². The van der Waals surface area contributed by atoms with Gasteiger partial charge in [-0.2, -0.15) is 0 Å². The Morgan fingerprint density at radius 2 is 2.11 bits per heavy atom. The number of hydrogen-bond acceptors (Lipinski definition) is 3. The maximum absolute atomic E-state index is 12.0. The summed E-state index contributed by atoms with van der Waals surface area (Å²) in [6.07, 6.45) is 5.74. The molecular weight excluding hydrogens is 228 g/mol. The van der Waals surface area contributed by atoms with Crippen molar-refractivity contribution in [3.63, 3.8) is 0 Å². The topological polar surface area (TPSA) is 35.5 Å². The Morgan fingerprint density at radius 3 is 2.67 bits per heavy atom. The molecule has 3 fully saturated rings. The third-order valence-corrected chi connectivity index (χ3v) is 4.88. The van der Waals surface area contributed by atoms with Gasteiger partial charge in [-0.3, -0.25) is 4.79 Å². The summed E-state index contributed by atoms with van der Waals surface area (Å²) in [4.78, 5) is 12.0. The van der Waals surface area contributed by atoms with Crippen molar-refractivity contribution in [2.45, 2.75) is 65.1 Å². The lowest BCUT2D eigenvalue weighted by Gasteiger charge is -2.61. The Morgan fingerprint density at radius 1 is 1.39 bits per heavy atom. The lowest BCUT2D eigenvalue weighted by molar-refractivity contribution is -0.249. The van der Waals surface area contributed by atoms with Crippen LogP contribution in [0.1, 0.15) is 52.9 Å². The molecule has 3 aliphatic rings. The third-order valence-electron chi connectivity index (χ3n) is 4.88. The average Bonchev–Trinajstić information content (AvgIpc) is 2.54. The van der Waals surface area contributed by atoms with E-state index in [1.807, 2.05) is 0 Å². The van der Waals surface area contributed by atoms with Gasteiger partial charge in [0.1, 0.15) is 6.10 Å². The molecule has 18 heavy (non-hydrogen) atoms. The highest BCUT2D eigenvalue weighted by atomic mass is 16.6. The van der Waals surface area contributed by atoms with Gasteiger partial charge in [-0.25, -0.2) is 0 Å². The van der Waals surface area contributed by atoms with Gasteiger partial charge in [0.15, 0.2) is 0 Å². The Hall–Kier alpha value is -0.570. The molecule has 3 heteroatoms. The largest absolute Gasteiger partial charge is 0.461 e. The van der Waals surface area contributed by atoms with Gasteiger partial charge in [0.05, 0.1) is 12.5 Å². The molecule has 102 valence electrons. The van der Waals surface area contributed by atoms with Crippen LogP contribution in [0.15, 0.2) is 0 Å². The molecule has 2 saturated carbocycles. The molecule has 1 saturated heterocycles. The second-order valence-corrected chi connectivity index (χ2v) is 7.48. The van der Waals surface area contributed by atoms with Gasteiger partial charge in [-0.05, 0) is 24.7 Å². The third kappa shape index (κ3) is 1.78. The molecule has 1 aliphatic heterocycles. The van der Waals surface area contributed by atoms with E-state index in [0.717, 1.165) is 13.0 Å². The van der Waals surface area contributed by atoms with Crippen LogP contribution in [0.4, 0.5) is 0 Å². The quantitative estimate of drug-likeness (QED) is 0.709. The molecule has 3 rings (SSSR count). The van der Waals surface area contributed by atoms with Gasteiger partial charge < -0.3 is 9.47 Å². The molecule has 0 aromatic rings. The highest BCUT2D eigenvalue weighted by Gasteiger charge is 2.68. The van der Waals surface area contributed by atoms with Crippen molar-refractivity contribution >= 4 is 5.97 Å². The van der Waals surface area contributed by atoms with Crippen LogP contribution in [0.5, 0.6) is 0 Å². The zero-order chi connectivity index (χ0) is 13.0. The molecule has 0 aromatic carbocycles. The number of carbonyl (C=O) groups is 1. The average molecular weight is 252 g/mol. The summed E-state index contributed by atoms with van der Waals surface area (Å²) in [5.41, 5.74) is 0.216. The van der Waals surface area contributed by atoms with Gasteiger partial charge in [0, 0.05) is 17.9 Å². The van der Waals surface area contributed by atoms with Crippen LogP contribution >= 0.6 is 0 Å². The number of carbonyl (C=O) groups excluding carboxylic acids is 1. The summed E-state index contributed by atoms with van der Waals surface area (Å²) in [5, 5.41) is 0. The van der Waals surface area contributed by atoms with E-state index in [2.05, 4.69) is 20.8 Å². The van der Waals surface area contributed by atoms with Crippen molar-refractivity contribution in [2.24, 2.45) is 16.7 Å². The van der Waals surface area contributed by atoms with Crippen molar-refractivity contribution in [2.75, 3.05) is 6.61 Å². The van der Waals surface area contributed by atoms with Crippen LogP contribution in [0.25, 0.3) is 0 Å². The highest BCUT2D eigenvalue weighted by Crippen LogP contribution is 2.64. The highest BCUT2D eigenvalue weighted by molar-refractivity contribution is 5.70. The van der Waals surface area contributed by atoms with E-state index in [-0.39, 0.29) is 22.9 Å². The molecule has 3 atom stereocenters. The fourth-order valence-electron chi connectivity index (χ4n) is 3.95. The number of esters is 1. The molecule has 1 heterocycles. The van der Waals surface area contributed by atoms with E-state index in [1.54, 1.807) is 0 Å². The van der Waals surface area contributed by atoms with Gasteiger partial charge in [-0.15, -0.1) is 0 Å². The lowest BCUT2D eigenvalue weighted by Crippen LogP contribution is -2.67. The summed E-state index contributed by atoms with van der Waals surface area (Å²) >= 11 is 0. The molecule has 3 nitrogen and oxygen atoms in total. The smallest absolute Gasteiger partial charge is 0.306 e. The molecule has 0 bridgehead atoms. The Balaban J connectivity index is 1.64. The van der Waals surface area contributed by atoms with Crippen LogP contribution in [0.3, 0.4) is 0 Å². The molecule has 3 unspecified atom stereocenters. The van der Waals surface area contributed by atoms with Crippen molar-refractivity contribution in [1.82, 2.24) is 0 Å². The van der Waals surface area contributed by atoms with Crippen LogP contribution in [0, 0.1) is 16.7 Å². The molecule has 0 amide bonds. The monoisotopic (exact) mass is 252 g/mol. The Kier molecular flexibility index (Phi) is 2.74. The molecule has 0 N–H and O–H groups in total. The van der Waals surface area contributed by atoms with E-state index < -0.39 is 0 Å². The summed E-state index contributed by atoms with van der Waals surface area (Å²) in [6, 6.07) is 0. The van der Waals surface area contributed by atoms with E-state index in [1.165, 1.54) is 19.3 Å². The van der Waals surface area contributed by atoms with Crippen LogP contribution in [-0.4, -0.2) is 24.8 Å². The van der Waals surface area contributed by atoms with Gasteiger partial charge in [0.2, 0.25) is 0 Å². The minimum Gasteiger partial charge on any atom is -0.461 e. The van der Waals surface area contributed by atoms with Crippen molar-refractivity contribution in [3.05, 3.63) is 0 Å². The number of ether oxygens (including phenoxy) is 2. The minimum absolute atomic E-state index is 0.0131. The normalized spacial score (nSPS) is 36.7. The number of rotatable bonds is 2. The first-order valence-corrected chi connectivity index (χ1v) is 7.23. The first-order chi connectivity index (χ1) is 8.42. The first-order valence-electron chi connectivity index (χ1n) is 7.23. The van der Waals surface area contributed by atoms with Crippen molar-refractivity contribution in [3.8, 4) is 0 Å². The van der Waals surface area contributed by atoms with E-state index in [9.17, 15) is 4.79 Å². The summed E-state index contributed by atoms with van der Waals surface area (Å²) < 4.78 is 11.6. The first kappa shape index (κ1) is 12.5.